The van der Waals surface area contributed by atoms with Gasteiger partial charge in [0.1, 0.15) is 0 Å². The summed E-state index contributed by atoms with van der Waals surface area (Å²) in [6, 6.07) is 0.750. The normalized spacial score (nSPS) is 35.2. The molecule has 2 saturated heterocycles. The third kappa shape index (κ3) is 2.14. The Kier molecular flexibility index (Phi) is 3.49. The molecule has 0 saturated carbocycles. The number of hydrogen-bond acceptors (Lipinski definition) is 3. The van der Waals surface area contributed by atoms with Crippen LogP contribution in [0.15, 0.2) is 0 Å². The number of thioether (sulfide) groups is 1. The average Bonchev–Trinajstić information content (AvgIpc) is 2.66. The van der Waals surface area contributed by atoms with Gasteiger partial charge in [0.05, 0.1) is 12.1 Å². The lowest BCUT2D eigenvalue weighted by atomic mass is 10.0. The maximum atomic E-state index is 11.1. The number of fused-ring (bicyclic) bond motifs is 1. The molecule has 0 radical (unpaired) electrons. The van der Waals surface area contributed by atoms with Crippen LogP contribution >= 0.6 is 24.4 Å². The first-order valence-electron chi connectivity index (χ1n) is 5.11. The molecule has 2 aliphatic rings. The van der Waals surface area contributed by atoms with E-state index in [1.54, 1.807) is 0 Å². The Morgan fingerprint density at radius 1 is 1.43 bits per heavy atom. The standard InChI is InChI=1S/C9H16N2OS2/c12-9-10-6-5-14-7(8(6)11-9)3-1-2-4-13/h6-8,13H,1-5H2,(H2,10,11,12)/t6-,7-,8-/m0/s1. The van der Waals surface area contributed by atoms with E-state index in [2.05, 4.69) is 23.3 Å². The van der Waals surface area contributed by atoms with Crippen LogP contribution in [0.4, 0.5) is 4.79 Å². The zero-order valence-corrected chi connectivity index (χ0v) is 9.74. The molecule has 0 aromatic heterocycles. The van der Waals surface area contributed by atoms with Gasteiger partial charge in [0.25, 0.3) is 0 Å². The number of nitrogens with one attached hydrogen (secondary N) is 2. The van der Waals surface area contributed by atoms with Gasteiger partial charge in [-0.2, -0.15) is 24.4 Å². The van der Waals surface area contributed by atoms with Gasteiger partial charge in [-0.1, -0.05) is 6.42 Å². The SMILES string of the molecule is O=C1N[C@H]2[C@H](CS[C@H]2CCCCS)N1. The van der Waals surface area contributed by atoms with Crippen molar-refractivity contribution in [2.24, 2.45) is 0 Å². The first-order chi connectivity index (χ1) is 6.81. The second-order valence-electron chi connectivity index (χ2n) is 3.84. The molecular weight excluding hydrogens is 216 g/mol. The van der Waals surface area contributed by atoms with Gasteiger partial charge in [0.2, 0.25) is 0 Å². The second kappa shape index (κ2) is 4.66. The summed E-state index contributed by atoms with van der Waals surface area (Å²) in [6.45, 7) is 0. The molecule has 2 aliphatic heterocycles. The van der Waals surface area contributed by atoms with Crippen LogP contribution in [0, 0.1) is 0 Å². The zero-order chi connectivity index (χ0) is 9.97. The van der Waals surface area contributed by atoms with Gasteiger partial charge in [-0.05, 0) is 18.6 Å². The molecule has 3 nitrogen and oxygen atoms in total. The first-order valence-corrected chi connectivity index (χ1v) is 6.79. The van der Waals surface area contributed by atoms with Gasteiger partial charge in [-0.25, -0.2) is 4.79 Å². The molecule has 0 aromatic rings. The lowest BCUT2D eigenvalue weighted by Gasteiger charge is -2.15. The van der Waals surface area contributed by atoms with Crippen LogP contribution < -0.4 is 10.6 Å². The average molecular weight is 232 g/mol. The Balaban J connectivity index is 1.80. The maximum absolute atomic E-state index is 11.1. The lowest BCUT2D eigenvalue weighted by molar-refractivity contribution is 0.247. The van der Waals surface area contributed by atoms with Crippen molar-refractivity contribution in [2.75, 3.05) is 11.5 Å². The molecule has 0 unspecified atom stereocenters. The van der Waals surface area contributed by atoms with Gasteiger partial charge in [-0.15, -0.1) is 0 Å². The summed E-state index contributed by atoms with van der Waals surface area (Å²) >= 11 is 6.18. The number of amides is 2. The molecule has 5 heteroatoms. The summed E-state index contributed by atoms with van der Waals surface area (Å²) < 4.78 is 0. The van der Waals surface area contributed by atoms with Crippen LogP contribution in [0.25, 0.3) is 0 Å². The second-order valence-corrected chi connectivity index (χ2v) is 5.56. The van der Waals surface area contributed by atoms with Crippen molar-refractivity contribution >= 4 is 30.4 Å². The Hall–Kier alpha value is -0.0300. The molecule has 2 rings (SSSR count). The summed E-state index contributed by atoms with van der Waals surface area (Å²) in [6.07, 6.45) is 3.60. The molecule has 0 aliphatic carbocycles. The van der Waals surface area contributed by atoms with E-state index in [4.69, 9.17) is 0 Å². The van der Waals surface area contributed by atoms with Crippen LogP contribution in [0.2, 0.25) is 0 Å². The topological polar surface area (TPSA) is 41.1 Å². The molecule has 2 N–H and O–H groups in total. The molecule has 2 amide bonds. The van der Waals surface area contributed by atoms with Gasteiger partial charge in [-0.3, -0.25) is 0 Å². The van der Waals surface area contributed by atoms with E-state index in [-0.39, 0.29) is 6.03 Å². The van der Waals surface area contributed by atoms with E-state index in [9.17, 15) is 4.79 Å². The quantitative estimate of drug-likeness (QED) is 0.388. The number of urea groups is 1. The number of rotatable bonds is 4. The molecule has 2 fully saturated rings. The van der Waals surface area contributed by atoms with E-state index < -0.39 is 0 Å². The number of thiol groups is 1. The summed E-state index contributed by atoms with van der Waals surface area (Å²) in [5.74, 6) is 2.03. The van der Waals surface area contributed by atoms with Crippen molar-refractivity contribution in [1.29, 1.82) is 0 Å². The minimum absolute atomic E-state index is 0.0134. The summed E-state index contributed by atoms with van der Waals surface area (Å²) in [4.78, 5) is 11.1. The van der Waals surface area contributed by atoms with E-state index in [0.717, 1.165) is 11.5 Å². The fourth-order valence-electron chi connectivity index (χ4n) is 2.10. The lowest BCUT2D eigenvalue weighted by Crippen LogP contribution is -2.36. The molecule has 14 heavy (non-hydrogen) atoms. The maximum Gasteiger partial charge on any atom is 0.315 e. The number of hydrogen-bond donors (Lipinski definition) is 3. The third-order valence-electron chi connectivity index (χ3n) is 2.83. The Bertz CT molecular complexity index is 225. The summed E-state index contributed by atoms with van der Waals surface area (Å²) in [7, 11) is 0. The smallest absolute Gasteiger partial charge is 0.315 e. The molecule has 2 heterocycles. The molecular formula is C9H16N2OS2. The predicted molar refractivity (Wildman–Crippen MR) is 63.2 cm³/mol. The molecule has 80 valence electrons. The van der Waals surface area contributed by atoms with Crippen molar-refractivity contribution in [2.45, 2.75) is 36.6 Å². The van der Waals surface area contributed by atoms with Gasteiger partial charge >= 0.3 is 6.03 Å². The molecule has 0 bridgehead atoms. The largest absolute Gasteiger partial charge is 0.332 e. The zero-order valence-electron chi connectivity index (χ0n) is 8.03. The third-order valence-corrected chi connectivity index (χ3v) is 4.66. The monoisotopic (exact) mass is 232 g/mol. The van der Waals surface area contributed by atoms with Gasteiger partial charge in [0.15, 0.2) is 0 Å². The minimum Gasteiger partial charge on any atom is -0.332 e. The first kappa shape index (κ1) is 10.5. The Morgan fingerprint density at radius 3 is 3.07 bits per heavy atom. The highest BCUT2D eigenvalue weighted by atomic mass is 32.2. The van der Waals surface area contributed by atoms with Crippen molar-refractivity contribution in [3.8, 4) is 0 Å². The fraction of sp³-hybridized carbons (Fsp3) is 0.889. The Morgan fingerprint density at radius 2 is 2.29 bits per heavy atom. The minimum atomic E-state index is 0.0134. The van der Waals surface area contributed by atoms with E-state index in [1.165, 1.54) is 19.3 Å². The highest BCUT2D eigenvalue weighted by Gasteiger charge is 2.42. The number of carbonyl (C=O) groups is 1. The van der Waals surface area contributed by atoms with Crippen LogP contribution in [0.5, 0.6) is 0 Å². The van der Waals surface area contributed by atoms with Crippen molar-refractivity contribution in [3.63, 3.8) is 0 Å². The molecule has 0 aromatic carbocycles. The van der Waals surface area contributed by atoms with Crippen LogP contribution in [0.1, 0.15) is 19.3 Å². The van der Waals surface area contributed by atoms with Crippen molar-refractivity contribution < 1.29 is 4.79 Å². The summed E-state index contributed by atoms with van der Waals surface area (Å²) in [5.41, 5.74) is 0. The number of unbranched alkanes of at least 4 members (excludes halogenated alkanes) is 1. The summed E-state index contributed by atoms with van der Waals surface area (Å²) in [5, 5.41) is 6.56. The highest BCUT2D eigenvalue weighted by Crippen LogP contribution is 2.32. The van der Waals surface area contributed by atoms with E-state index in [1.807, 2.05) is 11.8 Å². The van der Waals surface area contributed by atoms with Crippen molar-refractivity contribution in [3.05, 3.63) is 0 Å². The van der Waals surface area contributed by atoms with E-state index in [0.29, 0.717) is 17.3 Å². The molecule has 3 atom stereocenters. The van der Waals surface area contributed by atoms with Gasteiger partial charge < -0.3 is 10.6 Å². The van der Waals surface area contributed by atoms with Crippen LogP contribution in [-0.2, 0) is 0 Å². The Labute approximate surface area is 94.2 Å². The predicted octanol–water partition coefficient (Wildman–Crippen LogP) is 1.25. The fourth-order valence-corrected chi connectivity index (χ4v) is 3.87. The van der Waals surface area contributed by atoms with Crippen LogP contribution in [-0.4, -0.2) is 34.9 Å². The number of carbonyl (C=O) groups excluding carboxylic acids is 1. The molecule has 0 spiro atoms. The van der Waals surface area contributed by atoms with E-state index >= 15 is 0 Å². The van der Waals surface area contributed by atoms with Gasteiger partial charge in [0, 0.05) is 11.0 Å². The van der Waals surface area contributed by atoms with Crippen LogP contribution in [0.3, 0.4) is 0 Å². The van der Waals surface area contributed by atoms with Crippen molar-refractivity contribution in [1.82, 2.24) is 10.6 Å². The highest BCUT2D eigenvalue weighted by molar-refractivity contribution is 8.00.